The fourth-order valence-corrected chi connectivity index (χ4v) is 2.55. The summed E-state index contributed by atoms with van der Waals surface area (Å²) < 4.78 is 36.2. The Balaban J connectivity index is 3.30. The van der Waals surface area contributed by atoms with Crippen molar-refractivity contribution >= 4 is 21.4 Å². The Kier molecular flexibility index (Phi) is 3.62. The molecule has 0 heterocycles. The SMILES string of the molecule is CC(F)(CO)c1ccc(S(C)(=O)=O)c(Cl)c1. The Labute approximate surface area is 98.8 Å². The van der Waals surface area contributed by atoms with Crippen molar-refractivity contribution in [3.8, 4) is 0 Å². The molecule has 0 aromatic heterocycles. The van der Waals surface area contributed by atoms with Gasteiger partial charge in [-0.2, -0.15) is 0 Å². The Hall–Kier alpha value is -0.650. The molecule has 90 valence electrons. The summed E-state index contributed by atoms with van der Waals surface area (Å²) in [6.07, 6.45) is 1.02. The average molecular weight is 267 g/mol. The van der Waals surface area contributed by atoms with Crippen LogP contribution in [0.15, 0.2) is 23.1 Å². The van der Waals surface area contributed by atoms with Gasteiger partial charge in [-0.3, -0.25) is 0 Å². The Morgan fingerprint density at radius 3 is 2.44 bits per heavy atom. The summed E-state index contributed by atoms with van der Waals surface area (Å²) in [5.41, 5.74) is -1.79. The molecule has 1 unspecified atom stereocenters. The van der Waals surface area contributed by atoms with Crippen LogP contribution in [0.4, 0.5) is 4.39 Å². The first-order chi connectivity index (χ1) is 7.18. The topological polar surface area (TPSA) is 54.4 Å². The van der Waals surface area contributed by atoms with Crippen molar-refractivity contribution in [3.63, 3.8) is 0 Å². The Bertz CT molecular complexity index is 497. The van der Waals surface area contributed by atoms with E-state index in [1.807, 2.05) is 0 Å². The molecule has 0 bridgehead atoms. The average Bonchev–Trinajstić information content (AvgIpc) is 2.15. The number of aliphatic hydroxyl groups excluding tert-OH is 1. The molecule has 1 rings (SSSR count). The highest BCUT2D eigenvalue weighted by Crippen LogP contribution is 2.30. The van der Waals surface area contributed by atoms with E-state index >= 15 is 0 Å². The van der Waals surface area contributed by atoms with Crippen LogP contribution in [0, 0.1) is 0 Å². The summed E-state index contributed by atoms with van der Waals surface area (Å²) in [6.45, 7) is 0.500. The molecule has 0 amide bonds. The quantitative estimate of drug-likeness (QED) is 0.909. The van der Waals surface area contributed by atoms with Gasteiger partial charge in [0.05, 0.1) is 16.5 Å². The molecule has 1 aromatic carbocycles. The van der Waals surface area contributed by atoms with Crippen molar-refractivity contribution in [1.82, 2.24) is 0 Å². The number of sulfone groups is 1. The maximum atomic E-state index is 13.7. The predicted molar refractivity (Wildman–Crippen MR) is 60.1 cm³/mol. The van der Waals surface area contributed by atoms with Gasteiger partial charge < -0.3 is 5.11 Å². The molecule has 0 aliphatic rings. The first-order valence-corrected chi connectivity index (χ1v) is 6.75. The van der Waals surface area contributed by atoms with Crippen molar-refractivity contribution < 1.29 is 17.9 Å². The number of aliphatic hydroxyl groups is 1. The highest BCUT2D eigenvalue weighted by Gasteiger charge is 2.26. The first kappa shape index (κ1) is 13.4. The van der Waals surface area contributed by atoms with Gasteiger partial charge in [0.2, 0.25) is 0 Å². The van der Waals surface area contributed by atoms with Gasteiger partial charge in [-0.1, -0.05) is 17.7 Å². The van der Waals surface area contributed by atoms with Gasteiger partial charge in [0.25, 0.3) is 0 Å². The fraction of sp³-hybridized carbons (Fsp3) is 0.400. The van der Waals surface area contributed by atoms with E-state index in [1.165, 1.54) is 25.1 Å². The highest BCUT2D eigenvalue weighted by molar-refractivity contribution is 7.90. The maximum absolute atomic E-state index is 13.7. The third-order valence-corrected chi connectivity index (χ3v) is 3.81. The second kappa shape index (κ2) is 4.31. The van der Waals surface area contributed by atoms with E-state index in [4.69, 9.17) is 16.7 Å². The molecule has 0 radical (unpaired) electrons. The molecule has 1 N–H and O–H groups in total. The van der Waals surface area contributed by atoms with Crippen LogP contribution in [0.5, 0.6) is 0 Å². The maximum Gasteiger partial charge on any atom is 0.176 e. The van der Waals surface area contributed by atoms with Crippen molar-refractivity contribution in [2.75, 3.05) is 12.9 Å². The first-order valence-electron chi connectivity index (χ1n) is 4.48. The third kappa shape index (κ3) is 2.72. The molecule has 16 heavy (non-hydrogen) atoms. The molecule has 0 spiro atoms. The van der Waals surface area contributed by atoms with Crippen LogP contribution < -0.4 is 0 Å². The van der Waals surface area contributed by atoms with Crippen molar-refractivity contribution in [2.24, 2.45) is 0 Å². The zero-order valence-corrected chi connectivity index (χ0v) is 10.4. The van der Waals surface area contributed by atoms with E-state index in [9.17, 15) is 12.8 Å². The summed E-state index contributed by atoms with van der Waals surface area (Å²) in [5, 5.41) is 8.79. The van der Waals surface area contributed by atoms with E-state index in [-0.39, 0.29) is 15.5 Å². The van der Waals surface area contributed by atoms with Gasteiger partial charge in [0, 0.05) is 6.26 Å². The Morgan fingerprint density at radius 1 is 1.50 bits per heavy atom. The summed E-state index contributed by atoms with van der Waals surface area (Å²) in [7, 11) is -3.42. The van der Waals surface area contributed by atoms with Gasteiger partial charge in [-0.05, 0) is 24.6 Å². The number of rotatable bonds is 3. The second-order valence-electron chi connectivity index (χ2n) is 3.77. The summed E-state index contributed by atoms with van der Waals surface area (Å²) in [4.78, 5) is -0.0494. The minimum absolute atomic E-state index is 0.0441. The van der Waals surface area contributed by atoms with E-state index in [0.29, 0.717) is 0 Å². The number of hydrogen-bond donors (Lipinski definition) is 1. The number of alkyl halides is 1. The van der Waals surface area contributed by atoms with Crippen LogP contribution in [-0.2, 0) is 15.5 Å². The smallest absolute Gasteiger partial charge is 0.176 e. The van der Waals surface area contributed by atoms with Gasteiger partial charge in [-0.25, -0.2) is 12.8 Å². The van der Waals surface area contributed by atoms with Crippen LogP contribution in [0.3, 0.4) is 0 Å². The number of halogens is 2. The van der Waals surface area contributed by atoms with Crippen LogP contribution in [0.25, 0.3) is 0 Å². The summed E-state index contributed by atoms with van der Waals surface area (Å²) >= 11 is 5.75. The van der Waals surface area contributed by atoms with Crippen LogP contribution in [-0.4, -0.2) is 26.4 Å². The molecule has 1 atom stereocenters. The predicted octanol–water partition coefficient (Wildman–Crippen LogP) is 1.92. The molecule has 0 saturated heterocycles. The van der Waals surface area contributed by atoms with Gasteiger partial charge >= 0.3 is 0 Å². The van der Waals surface area contributed by atoms with Gasteiger partial charge in [-0.15, -0.1) is 0 Å². The molecule has 3 nitrogen and oxygen atoms in total. The van der Waals surface area contributed by atoms with Crippen LogP contribution in [0.2, 0.25) is 5.02 Å². The van der Waals surface area contributed by atoms with Gasteiger partial charge in [0.15, 0.2) is 15.5 Å². The number of benzene rings is 1. The van der Waals surface area contributed by atoms with E-state index in [2.05, 4.69) is 0 Å². The molecule has 0 aliphatic carbocycles. The lowest BCUT2D eigenvalue weighted by atomic mass is 9.99. The summed E-state index contributed by atoms with van der Waals surface area (Å²) in [6, 6.07) is 3.76. The molecular formula is C10H12ClFO3S. The monoisotopic (exact) mass is 266 g/mol. The van der Waals surface area contributed by atoms with Crippen molar-refractivity contribution in [3.05, 3.63) is 28.8 Å². The lowest BCUT2D eigenvalue weighted by Gasteiger charge is -2.18. The van der Waals surface area contributed by atoms with E-state index < -0.39 is 22.1 Å². The van der Waals surface area contributed by atoms with Crippen molar-refractivity contribution in [2.45, 2.75) is 17.5 Å². The molecule has 0 fully saturated rings. The summed E-state index contributed by atoms with van der Waals surface area (Å²) in [5.74, 6) is 0. The highest BCUT2D eigenvalue weighted by atomic mass is 35.5. The second-order valence-corrected chi connectivity index (χ2v) is 6.16. The van der Waals surface area contributed by atoms with Crippen LogP contribution >= 0.6 is 11.6 Å². The zero-order chi connectivity index (χ0) is 12.6. The lowest BCUT2D eigenvalue weighted by molar-refractivity contribution is 0.0867. The third-order valence-electron chi connectivity index (χ3n) is 2.23. The zero-order valence-electron chi connectivity index (χ0n) is 8.87. The minimum Gasteiger partial charge on any atom is -0.393 e. The molecular weight excluding hydrogens is 255 g/mol. The van der Waals surface area contributed by atoms with Gasteiger partial charge in [0.1, 0.15) is 0 Å². The standard InChI is InChI=1S/C10H12ClFO3S/c1-10(12,6-13)7-3-4-9(8(11)5-7)16(2,14)15/h3-5,13H,6H2,1-2H3. The number of hydrogen-bond acceptors (Lipinski definition) is 3. The molecule has 1 aromatic rings. The fourth-order valence-electron chi connectivity index (χ4n) is 1.22. The lowest BCUT2D eigenvalue weighted by Crippen LogP contribution is -2.20. The molecule has 0 saturated carbocycles. The van der Waals surface area contributed by atoms with E-state index in [1.54, 1.807) is 0 Å². The van der Waals surface area contributed by atoms with Crippen molar-refractivity contribution in [1.29, 1.82) is 0 Å². The van der Waals surface area contributed by atoms with Crippen LogP contribution in [0.1, 0.15) is 12.5 Å². The molecule has 0 aliphatic heterocycles. The molecule has 6 heteroatoms. The van der Waals surface area contributed by atoms with E-state index in [0.717, 1.165) is 6.26 Å². The minimum atomic E-state index is -3.42. The Morgan fingerprint density at radius 2 is 2.06 bits per heavy atom. The normalized spacial score (nSPS) is 15.8. The largest absolute Gasteiger partial charge is 0.393 e.